The summed E-state index contributed by atoms with van der Waals surface area (Å²) in [6, 6.07) is 3.66. The van der Waals surface area contributed by atoms with Gasteiger partial charge in [-0.3, -0.25) is 0 Å². The van der Waals surface area contributed by atoms with Gasteiger partial charge in [-0.05, 0) is 26.0 Å². The predicted octanol–water partition coefficient (Wildman–Crippen LogP) is 2.24. The number of imidazole rings is 1. The highest BCUT2D eigenvalue weighted by Crippen LogP contribution is 2.11. The molecule has 2 N–H and O–H groups in total. The molecule has 2 aromatic rings. The van der Waals surface area contributed by atoms with E-state index in [2.05, 4.69) is 15.6 Å². The molecular weight excluding hydrogens is 264 g/mol. The Morgan fingerprint density at radius 2 is 2.21 bits per heavy atom. The Hall–Kier alpha value is -1.75. The third-order valence-electron chi connectivity index (χ3n) is 2.55. The average Bonchev–Trinajstić information content (AvgIpc) is 2.69. The van der Waals surface area contributed by atoms with E-state index < -0.39 is 0 Å². The number of aromatic nitrogens is 2. The zero-order chi connectivity index (χ0) is 13.8. The number of carbonyl (C=O) groups excluding carboxylic acids is 1. The van der Waals surface area contributed by atoms with Crippen molar-refractivity contribution < 1.29 is 4.79 Å². The number of pyridine rings is 1. The van der Waals surface area contributed by atoms with Crippen molar-refractivity contribution in [3.05, 3.63) is 35.2 Å². The van der Waals surface area contributed by atoms with Crippen molar-refractivity contribution in [3.8, 4) is 0 Å². The zero-order valence-corrected chi connectivity index (χ0v) is 11.7. The molecule has 0 spiro atoms. The minimum atomic E-state index is -0.151. The average molecular weight is 281 g/mol. The Morgan fingerprint density at radius 1 is 1.42 bits per heavy atom. The SMILES string of the molecule is CC(C)NC(=O)NCCc1cn2cc(Cl)ccc2n1. The molecule has 0 saturated heterocycles. The zero-order valence-electron chi connectivity index (χ0n) is 11.0. The van der Waals surface area contributed by atoms with Crippen molar-refractivity contribution in [2.75, 3.05) is 6.54 Å². The molecule has 2 heterocycles. The Balaban J connectivity index is 1.89. The molecule has 2 aromatic heterocycles. The summed E-state index contributed by atoms with van der Waals surface area (Å²) in [4.78, 5) is 15.8. The topological polar surface area (TPSA) is 58.4 Å². The van der Waals surface area contributed by atoms with E-state index in [1.54, 1.807) is 0 Å². The van der Waals surface area contributed by atoms with Crippen LogP contribution >= 0.6 is 11.6 Å². The van der Waals surface area contributed by atoms with E-state index in [9.17, 15) is 4.79 Å². The van der Waals surface area contributed by atoms with Gasteiger partial charge in [0.25, 0.3) is 0 Å². The number of nitrogens with one attached hydrogen (secondary N) is 2. The van der Waals surface area contributed by atoms with Crippen molar-refractivity contribution in [2.45, 2.75) is 26.3 Å². The summed E-state index contributed by atoms with van der Waals surface area (Å²) in [5.41, 5.74) is 1.78. The van der Waals surface area contributed by atoms with Gasteiger partial charge in [-0.2, -0.15) is 0 Å². The molecule has 0 aromatic carbocycles. The molecule has 6 heteroatoms. The smallest absolute Gasteiger partial charge is 0.314 e. The van der Waals surface area contributed by atoms with Crippen LogP contribution in [-0.4, -0.2) is 28.0 Å². The second-order valence-electron chi connectivity index (χ2n) is 4.65. The monoisotopic (exact) mass is 280 g/mol. The normalized spacial score (nSPS) is 10.9. The largest absolute Gasteiger partial charge is 0.338 e. The Kier molecular flexibility index (Phi) is 4.27. The highest BCUT2D eigenvalue weighted by atomic mass is 35.5. The van der Waals surface area contributed by atoms with Crippen LogP contribution in [0.25, 0.3) is 5.65 Å². The number of carbonyl (C=O) groups is 1. The van der Waals surface area contributed by atoms with E-state index >= 15 is 0 Å². The first kappa shape index (κ1) is 13.7. The number of fused-ring (bicyclic) bond motifs is 1. The summed E-state index contributed by atoms with van der Waals surface area (Å²) >= 11 is 5.91. The molecule has 5 nitrogen and oxygen atoms in total. The maximum absolute atomic E-state index is 11.4. The van der Waals surface area contributed by atoms with Crippen LogP contribution in [0, 0.1) is 0 Å². The van der Waals surface area contributed by atoms with Crippen molar-refractivity contribution >= 4 is 23.3 Å². The quantitative estimate of drug-likeness (QED) is 0.902. The second kappa shape index (κ2) is 5.93. The van der Waals surface area contributed by atoms with Crippen molar-refractivity contribution in [1.82, 2.24) is 20.0 Å². The summed E-state index contributed by atoms with van der Waals surface area (Å²) in [6.45, 7) is 4.40. The Morgan fingerprint density at radius 3 is 2.95 bits per heavy atom. The van der Waals surface area contributed by atoms with Crippen LogP contribution in [0.3, 0.4) is 0 Å². The van der Waals surface area contributed by atoms with Crippen LogP contribution < -0.4 is 10.6 Å². The molecule has 0 unspecified atom stereocenters. The summed E-state index contributed by atoms with van der Waals surface area (Å²) in [5.74, 6) is 0. The lowest BCUT2D eigenvalue weighted by Gasteiger charge is -2.09. The Labute approximate surface area is 117 Å². The fourth-order valence-corrected chi connectivity index (χ4v) is 1.92. The summed E-state index contributed by atoms with van der Waals surface area (Å²) in [7, 11) is 0. The molecule has 0 radical (unpaired) electrons. The van der Waals surface area contributed by atoms with Gasteiger partial charge < -0.3 is 15.0 Å². The number of amides is 2. The molecule has 0 aliphatic carbocycles. The highest BCUT2D eigenvalue weighted by molar-refractivity contribution is 6.30. The highest BCUT2D eigenvalue weighted by Gasteiger charge is 2.04. The summed E-state index contributed by atoms with van der Waals surface area (Å²) in [5, 5.41) is 6.23. The van der Waals surface area contributed by atoms with Crippen LogP contribution in [0.5, 0.6) is 0 Å². The van der Waals surface area contributed by atoms with Gasteiger partial charge in [0.05, 0.1) is 10.7 Å². The molecule has 0 fully saturated rings. The van der Waals surface area contributed by atoms with E-state index in [0.717, 1.165) is 11.3 Å². The summed E-state index contributed by atoms with van der Waals surface area (Å²) < 4.78 is 1.88. The lowest BCUT2D eigenvalue weighted by Crippen LogP contribution is -2.40. The minimum Gasteiger partial charge on any atom is -0.338 e. The van der Waals surface area contributed by atoms with Gasteiger partial charge in [-0.1, -0.05) is 11.6 Å². The third kappa shape index (κ3) is 3.86. The molecule has 2 amide bonds. The third-order valence-corrected chi connectivity index (χ3v) is 2.77. The van der Waals surface area contributed by atoms with Crippen molar-refractivity contribution in [2.24, 2.45) is 0 Å². The molecule has 102 valence electrons. The lowest BCUT2D eigenvalue weighted by atomic mass is 10.3. The van der Waals surface area contributed by atoms with Gasteiger partial charge in [0, 0.05) is 31.4 Å². The van der Waals surface area contributed by atoms with Gasteiger partial charge in [-0.15, -0.1) is 0 Å². The van der Waals surface area contributed by atoms with E-state index in [-0.39, 0.29) is 12.1 Å². The van der Waals surface area contributed by atoms with Gasteiger partial charge >= 0.3 is 6.03 Å². The molecule has 0 saturated carbocycles. The van der Waals surface area contributed by atoms with Gasteiger partial charge in [0.2, 0.25) is 0 Å². The first-order chi connectivity index (χ1) is 9.04. The van der Waals surface area contributed by atoms with Gasteiger partial charge in [-0.25, -0.2) is 9.78 Å². The van der Waals surface area contributed by atoms with Crippen LogP contribution in [0.4, 0.5) is 4.79 Å². The van der Waals surface area contributed by atoms with E-state index in [1.807, 2.05) is 42.8 Å². The van der Waals surface area contributed by atoms with Crippen LogP contribution in [0.15, 0.2) is 24.5 Å². The molecule has 0 aliphatic heterocycles. The fraction of sp³-hybridized carbons (Fsp3) is 0.385. The molecule has 2 rings (SSSR count). The molecule has 19 heavy (non-hydrogen) atoms. The minimum absolute atomic E-state index is 0.136. The number of hydrogen-bond donors (Lipinski definition) is 2. The number of halogens is 1. The van der Waals surface area contributed by atoms with Crippen LogP contribution in [0.2, 0.25) is 5.02 Å². The summed E-state index contributed by atoms with van der Waals surface area (Å²) in [6.07, 6.45) is 4.42. The molecule has 0 bridgehead atoms. The number of hydrogen-bond acceptors (Lipinski definition) is 2. The van der Waals surface area contributed by atoms with Crippen LogP contribution in [0.1, 0.15) is 19.5 Å². The second-order valence-corrected chi connectivity index (χ2v) is 5.09. The van der Waals surface area contributed by atoms with E-state index in [1.165, 1.54) is 0 Å². The predicted molar refractivity (Wildman–Crippen MR) is 75.6 cm³/mol. The lowest BCUT2D eigenvalue weighted by molar-refractivity contribution is 0.238. The number of nitrogens with zero attached hydrogens (tertiary/aromatic N) is 2. The number of rotatable bonds is 4. The van der Waals surface area contributed by atoms with Crippen LogP contribution in [-0.2, 0) is 6.42 Å². The first-order valence-corrected chi connectivity index (χ1v) is 6.60. The van der Waals surface area contributed by atoms with E-state index in [0.29, 0.717) is 18.0 Å². The maximum Gasteiger partial charge on any atom is 0.314 e. The van der Waals surface area contributed by atoms with E-state index in [4.69, 9.17) is 11.6 Å². The molecule has 0 atom stereocenters. The Bertz CT molecular complexity index is 579. The van der Waals surface area contributed by atoms with Crippen molar-refractivity contribution in [1.29, 1.82) is 0 Å². The standard InChI is InChI=1S/C13H17ClN4O/c1-9(2)16-13(19)15-6-5-11-8-18-7-10(14)3-4-12(18)17-11/h3-4,7-9H,5-6H2,1-2H3,(H2,15,16,19). The van der Waals surface area contributed by atoms with Crippen molar-refractivity contribution in [3.63, 3.8) is 0 Å². The van der Waals surface area contributed by atoms with Gasteiger partial charge in [0.15, 0.2) is 0 Å². The number of urea groups is 1. The first-order valence-electron chi connectivity index (χ1n) is 6.22. The molecule has 0 aliphatic rings. The van der Waals surface area contributed by atoms with Gasteiger partial charge in [0.1, 0.15) is 5.65 Å². The fourth-order valence-electron chi connectivity index (χ4n) is 1.75. The molecular formula is C13H17ClN4O. The maximum atomic E-state index is 11.4.